The third-order valence-electron chi connectivity index (χ3n) is 4.17. The summed E-state index contributed by atoms with van der Waals surface area (Å²) in [5.41, 5.74) is 0.712. The van der Waals surface area contributed by atoms with Gasteiger partial charge < -0.3 is 9.84 Å². The minimum atomic E-state index is -0.376. The highest BCUT2D eigenvalue weighted by molar-refractivity contribution is 5.90. The van der Waals surface area contributed by atoms with Crippen molar-refractivity contribution in [1.82, 2.24) is 0 Å². The van der Waals surface area contributed by atoms with Crippen LogP contribution in [-0.4, -0.2) is 23.8 Å². The van der Waals surface area contributed by atoms with Crippen LogP contribution in [0.15, 0.2) is 23.8 Å². The van der Waals surface area contributed by atoms with Gasteiger partial charge in [0.2, 0.25) is 0 Å². The van der Waals surface area contributed by atoms with Crippen molar-refractivity contribution in [1.29, 1.82) is 0 Å². The van der Waals surface area contributed by atoms with Crippen LogP contribution in [0.5, 0.6) is 0 Å². The van der Waals surface area contributed by atoms with Crippen molar-refractivity contribution >= 4 is 5.97 Å². The lowest BCUT2D eigenvalue weighted by Crippen LogP contribution is -2.24. The van der Waals surface area contributed by atoms with Gasteiger partial charge in [-0.1, -0.05) is 18.2 Å². The highest BCUT2D eigenvalue weighted by Crippen LogP contribution is 2.55. The van der Waals surface area contributed by atoms with Crippen molar-refractivity contribution in [2.24, 2.45) is 23.7 Å². The molecule has 0 amide bonds. The number of esters is 1. The van der Waals surface area contributed by atoms with E-state index in [1.54, 1.807) is 0 Å². The molecule has 3 nitrogen and oxygen atoms in total. The molecule has 2 bridgehead atoms. The molecule has 0 saturated heterocycles. The Morgan fingerprint density at radius 3 is 3.12 bits per heavy atom. The Morgan fingerprint density at radius 2 is 2.38 bits per heavy atom. The van der Waals surface area contributed by atoms with Gasteiger partial charge in [-0.05, 0) is 25.2 Å². The first kappa shape index (κ1) is 10.1. The predicted octanol–water partition coefficient (Wildman–Crippen LogP) is 1.29. The average molecular weight is 220 g/mol. The van der Waals surface area contributed by atoms with E-state index in [1.807, 2.05) is 13.0 Å². The zero-order valence-corrected chi connectivity index (χ0v) is 9.30. The van der Waals surface area contributed by atoms with Crippen molar-refractivity contribution in [3.05, 3.63) is 23.8 Å². The van der Waals surface area contributed by atoms with Gasteiger partial charge >= 0.3 is 5.97 Å². The molecule has 1 saturated carbocycles. The second kappa shape index (κ2) is 3.45. The van der Waals surface area contributed by atoms with E-state index in [0.717, 1.165) is 6.42 Å². The predicted molar refractivity (Wildman–Crippen MR) is 58.4 cm³/mol. The van der Waals surface area contributed by atoms with Gasteiger partial charge in [0, 0.05) is 17.4 Å². The Hall–Kier alpha value is -1.09. The van der Waals surface area contributed by atoms with Gasteiger partial charge in [-0.3, -0.25) is 0 Å². The van der Waals surface area contributed by atoms with Crippen molar-refractivity contribution < 1.29 is 14.6 Å². The number of carbonyl (C=O) groups excluding carboxylic acids is 1. The lowest BCUT2D eigenvalue weighted by Gasteiger charge is -2.23. The number of rotatable bonds is 2. The van der Waals surface area contributed by atoms with Gasteiger partial charge in [0.05, 0.1) is 12.7 Å². The molecular formula is C13H16O3. The zero-order valence-electron chi connectivity index (χ0n) is 9.30. The Bertz CT molecular complexity index is 383. The minimum Gasteiger partial charge on any atom is -0.463 e. The third-order valence-corrected chi connectivity index (χ3v) is 4.17. The quantitative estimate of drug-likeness (QED) is 0.563. The van der Waals surface area contributed by atoms with E-state index in [9.17, 15) is 9.90 Å². The van der Waals surface area contributed by atoms with Crippen LogP contribution in [0.2, 0.25) is 0 Å². The normalized spacial score (nSPS) is 43.4. The number of hydrogen-bond acceptors (Lipinski definition) is 3. The summed E-state index contributed by atoms with van der Waals surface area (Å²) < 4.78 is 5.04. The molecular weight excluding hydrogens is 204 g/mol. The molecule has 5 atom stereocenters. The standard InChI is InChI=1S/C13H16O3/c1-2-16-13(15)10-6-9-7-4-3-5-8(7)11(10)12(9)14/h3-4,6-9,11-12,14H,2,5H2,1H3/t7-,8+,9-,11-,12+/m0/s1. The summed E-state index contributed by atoms with van der Waals surface area (Å²) in [6, 6.07) is 0. The van der Waals surface area contributed by atoms with Crippen LogP contribution in [0.4, 0.5) is 0 Å². The summed E-state index contributed by atoms with van der Waals surface area (Å²) >= 11 is 0. The molecule has 3 aliphatic rings. The van der Waals surface area contributed by atoms with Crippen LogP contribution < -0.4 is 0 Å². The van der Waals surface area contributed by atoms with Crippen LogP contribution in [0.1, 0.15) is 13.3 Å². The fourth-order valence-electron chi connectivity index (χ4n) is 3.57. The molecule has 0 aromatic rings. The SMILES string of the molecule is CCOC(=O)C1=C[C@@H]2[C@@H](O)[C@H]1[C@@H]1CC=C[C@H]21. The molecule has 0 aromatic heterocycles. The van der Waals surface area contributed by atoms with Gasteiger partial charge in [-0.15, -0.1) is 0 Å². The number of aliphatic hydroxyl groups excluding tert-OH is 1. The van der Waals surface area contributed by atoms with Crippen molar-refractivity contribution in [2.75, 3.05) is 6.61 Å². The van der Waals surface area contributed by atoms with Gasteiger partial charge in [-0.25, -0.2) is 4.79 Å². The van der Waals surface area contributed by atoms with Crippen LogP contribution in [0.25, 0.3) is 0 Å². The molecule has 3 rings (SSSR count). The molecule has 3 heteroatoms. The lowest BCUT2D eigenvalue weighted by atomic mass is 9.81. The first-order valence-electron chi connectivity index (χ1n) is 5.97. The summed E-state index contributed by atoms with van der Waals surface area (Å²) in [4.78, 5) is 11.7. The van der Waals surface area contributed by atoms with Crippen molar-refractivity contribution in [3.8, 4) is 0 Å². The molecule has 86 valence electrons. The van der Waals surface area contributed by atoms with E-state index in [0.29, 0.717) is 24.0 Å². The van der Waals surface area contributed by atoms with E-state index < -0.39 is 0 Å². The molecule has 0 radical (unpaired) electrons. The molecule has 16 heavy (non-hydrogen) atoms. The second-order valence-corrected chi connectivity index (χ2v) is 4.84. The van der Waals surface area contributed by atoms with Gasteiger partial charge in [0.15, 0.2) is 0 Å². The number of carbonyl (C=O) groups is 1. The third kappa shape index (κ3) is 1.15. The fraction of sp³-hybridized carbons (Fsp3) is 0.615. The summed E-state index contributed by atoms with van der Waals surface area (Å²) in [6.45, 7) is 2.21. The molecule has 0 unspecified atom stereocenters. The van der Waals surface area contributed by atoms with Crippen molar-refractivity contribution in [3.63, 3.8) is 0 Å². The Balaban J connectivity index is 1.88. The highest BCUT2D eigenvalue weighted by atomic mass is 16.5. The second-order valence-electron chi connectivity index (χ2n) is 4.84. The number of fused-ring (bicyclic) bond motifs is 5. The fourth-order valence-corrected chi connectivity index (χ4v) is 3.57. The van der Waals surface area contributed by atoms with Crippen LogP contribution in [-0.2, 0) is 9.53 Å². The summed E-state index contributed by atoms with van der Waals surface area (Å²) in [6.07, 6.45) is 6.91. The largest absolute Gasteiger partial charge is 0.463 e. The molecule has 3 aliphatic carbocycles. The maximum atomic E-state index is 11.7. The van der Waals surface area contributed by atoms with Crippen molar-refractivity contribution in [2.45, 2.75) is 19.4 Å². The number of hydrogen-bond donors (Lipinski definition) is 1. The van der Waals surface area contributed by atoms with E-state index in [-0.39, 0.29) is 23.9 Å². The average Bonchev–Trinajstić information content (AvgIpc) is 2.89. The van der Waals surface area contributed by atoms with Gasteiger partial charge in [-0.2, -0.15) is 0 Å². The van der Waals surface area contributed by atoms with E-state index >= 15 is 0 Å². The van der Waals surface area contributed by atoms with Gasteiger partial charge in [0.1, 0.15) is 0 Å². The van der Waals surface area contributed by atoms with Gasteiger partial charge in [0.25, 0.3) is 0 Å². The molecule has 0 heterocycles. The topological polar surface area (TPSA) is 46.5 Å². The van der Waals surface area contributed by atoms with E-state index in [2.05, 4.69) is 12.2 Å². The molecule has 0 aromatic carbocycles. The lowest BCUT2D eigenvalue weighted by molar-refractivity contribution is -0.139. The molecule has 0 aliphatic heterocycles. The zero-order chi connectivity index (χ0) is 11.3. The summed E-state index contributed by atoms with van der Waals surface area (Å²) in [5, 5.41) is 10.1. The minimum absolute atomic E-state index is 0.00375. The molecule has 1 N–H and O–H groups in total. The van der Waals surface area contributed by atoms with Crippen LogP contribution >= 0.6 is 0 Å². The Morgan fingerprint density at radius 1 is 1.56 bits per heavy atom. The monoisotopic (exact) mass is 220 g/mol. The maximum absolute atomic E-state index is 11.7. The smallest absolute Gasteiger partial charge is 0.334 e. The molecule has 1 fully saturated rings. The van der Waals surface area contributed by atoms with Crippen LogP contribution in [0.3, 0.4) is 0 Å². The Kier molecular flexibility index (Phi) is 2.18. The number of ether oxygens (including phenoxy) is 1. The molecule has 0 spiro atoms. The highest BCUT2D eigenvalue weighted by Gasteiger charge is 2.56. The Labute approximate surface area is 94.8 Å². The first-order chi connectivity index (χ1) is 7.74. The maximum Gasteiger partial charge on any atom is 0.334 e. The first-order valence-corrected chi connectivity index (χ1v) is 5.97. The number of aliphatic hydroxyl groups is 1. The van der Waals surface area contributed by atoms with Crippen LogP contribution in [0, 0.1) is 23.7 Å². The van der Waals surface area contributed by atoms with E-state index in [1.165, 1.54) is 0 Å². The number of allylic oxidation sites excluding steroid dienone is 2. The van der Waals surface area contributed by atoms with E-state index in [4.69, 9.17) is 4.74 Å². The summed E-state index contributed by atoms with van der Waals surface area (Å²) in [7, 11) is 0. The summed E-state index contributed by atoms with van der Waals surface area (Å²) in [5.74, 6) is 0.763.